The lowest BCUT2D eigenvalue weighted by Gasteiger charge is -2.18. The van der Waals surface area contributed by atoms with Crippen molar-refractivity contribution in [1.29, 1.82) is 5.26 Å². The molecule has 0 saturated carbocycles. The summed E-state index contributed by atoms with van der Waals surface area (Å²) in [5.41, 5.74) is 0.641. The fourth-order valence-electron chi connectivity index (χ4n) is 1.66. The minimum absolute atomic E-state index is 0.0646. The van der Waals surface area contributed by atoms with Gasteiger partial charge in [0.2, 0.25) is 0 Å². The minimum Gasteiger partial charge on any atom is -0.298 e. The molecule has 0 spiro atoms. The van der Waals surface area contributed by atoms with Crippen LogP contribution < -0.4 is 0 Å². The molecule has 0 N–H and O–H groups in total. The number of benzene rings is 1. The van der Waals surface area contributed by atoms with Gasteiger partial charge < -0.3 is 0 Å². The molecule has 5 nitrogen and oxygen atoms in total. The Bertz CT molecular complexity index is 471. The van der Waals surface area contributed by atoms with Gasteiger partial charge in [0.25, 0.3) is 5.69 Å². The van der Waals surface area contributed by atoms with Crippen molar-refractivity contribution in [3.05, 3.63) is 38.9 Å². The smallest absolute Gasteiger partial charge is 0.273 e. The zero-order chi connectivity index (χ0) is 13.5. The molecule has 0 aromatic heterocycles. The third-order valence-corrected chi connectivity index (χ3v) is 2.85. The Labute approximate surface area is 111 Å². The van der Waals surface area contributed by atoms with Crippen LogP contribution in [0.5, 0.6) is 0 Å². The molecule has 96 valence electrons. The molecule has 0 aliphatic carbocycles. The van der Waals surface area contributed by atoms with Gasteiger partial charge in [0.15, 0.2) is 0 Å². The zero-order valence-electron chi connectivity index (χ0n) is 10.1. The van der Waals surface area contributed by atoms with Crippen LogP contribution in [0, 0.1) is 21.4 Å². The highest BCUT2D eigenvalue weighted by Gasteiger charge is 2.16. The van der Waals surface area contributed by atoms with E-state index in [2.05, 4.69) is 6.07 Å². The molecule has 0 atom stereocenters. The van der Waals surface area contributed by atoms with Crippen LogP contribution in [-0.2, 0) is 6.54 Å². The van der Waals surface area contributed by atoms with Crippen LogP contribution in [0.3, 0.4) is 0 Å². The molecule has 1 rings (SSSR count). The van der Waals surface area contributed by atoms with Crippen LogP contribution in [0.4, 0.5) is 5.69 Å². The minimum atomic E-state index is -0.413. The first-order chi connectivity index (χ1) is 8.58. The Morgan fingerprint density at radius 2 is 2.28 bits per heavy atom. The monoisotopic (exact) mass is 267 g/mol. The average molecular weight is 268 g/mol. The fraction of sp³-hybridized carbons (Fsp3) is 0.417. The maximum Gasteiger partial charge on any atom is 0.273 e. The lowest BCUT2D eigenvalue weighted by atomic mass is 10.1. The summed E-state index contributed by atoms with van der Waals surface area (Å²) in [6.45, 7) is 3.70. The quantitative estimate of drug-likeness (QED) is 0.587. The van der Waals surface area contributed by atoms with Gasteiger partial charge in [-0.3, -0.25) is 15.0 Å². The first-order valence-corrected chi connectivity index (χ1v) is 5.98. The summed E-state index contributed by atoms with van der Waals surface area (Å²) in [7, 11) is 0. The lowest BCUT2D eigenvalue weighted by molar-refractivity contribution is -0.385. The molecule has 0 heterocycles. The van der Waals surface area contributed by atoms with E-state index in [1.54, 1.807) is 6.07 Å². The van der Waals surface area contributed by atoms with E-state index in [0.717, 1.165) is 6.54 Å². The zero-order valence-corrected chi connectivity index (χ0v) is 10.9. The number of nitro groups is 1. The van der Waals surface area contributed by atoms with Gasteiger partial charge >= 0.3 is 0 Å². The maximum atomic E-state index is 10.9. The van der Waals surface area contributed by atoms with Crippen molar-refractivity contribution in [2.24, 2.45) is 0 Å². The summed E-state index contributed by atoms with van der Waals surface area (Å²) in [5, 5.41) is 19.9. The Kier molecular flexibility index (Phi) is 5.56. The summed E-state index contributed by atoms with van der Waals surface area (Å²) in [6, 6.07) is 6.59. The molecule has 0 bridgehead atoms. The molecule has 0 amide bonds. The molecule has 18 heavy (non-hydrogen) atoms. The summed E-state index contributed by atoms with van der Waals surface area (Å²) in [4.78, 5) is 12.5. The van der Waals surface area contributed by atoms with Crippen molar-refractivity contribution in [2.75, 3.05) is 13.1 Å². The van der Waals surface area contributed by atoms with Gasteiger partial charge in [0.1, 0.15) is 0 Å². The van der Waals surface area contributed by atoms with Crippen LogP contribution in [0.1, 0.15) is 18.9 Å². The molecular formula is C12H14ClN3O2. The lowest BCUT2D eigenvalue weighted by Crippen LogP contribution is -2.24. The standard InChI is InChI=1S/C12H14ClN3O2/c1-2-15(7-3-6-14)9-10-8-11(13)4-5-12(10)16(17)18/h4-5,8H,2-3,7,9H2,1H3. The van der Waals surface area contributed by atoms with Crippen LogP contribution in [0.2, 0.25) is 5.02 Å². The second-order valence-corrected chi connectivity index (χ2v) is 4.24. The van der Waals surface area contributed by atoms with E-state index >= 15 is 0 Å². The number of nitriles is 1. The SMILES string of the molecule is CCN(CCC#N)Cc1cc(Cl)ccc1[N+](=O)[O-]. The third-order valence-electron chi connectivity index (χ3n) is 2.62. The summed E-state index contributed by atoms with van der Waals surface area (Å²) in [5.74, 6) is 0. The van der Waals surface area contributed by atoms with E-state index in [4.69, 9.17) is 16.9 Å². The number of rotatable bonds is 6. The Hall–Kier alpha value is -1.64. The number of nitrogens with zero attached hydrogens (tertiary/aromatic N) is 3. The van der Waals surface area contributed by atoms with Gasteiger partial charge in [-0.2, -0.15) is 5.26 Å². The first-order valence-electron chi connectivity index (χ1n) is 5.60. The molecule has 0 saturated heterocycles. The Balaban J connectivity index is 2.90. The first kappa shape index (κ1) is 14.4. The van der Waals surface area contributed by atoms with E-state index in [9.17, 15) is 10.1 Å². The molecule has 1 aromatic carbocycles. The maximum absolute atomic E-state index is 10.9. The van der Waals surface area contributed by atoms with Gasteiger partial charge in [-0.1, -0.05) is 18.5 Å². The van der Waals surface area contributed by atoms with Crippen molar-refractivity contribution < 1.29 is 4.92 Å². The van der Waals surface area contributed by atoms with Gasteiger partial charge in [0.05, 0.1) is 11.0 Å². The number of hydrogen-bond acceptors (Lipinski definition) is 4. The second kappa shape index (κ2) is 6.94. The molecule has 0 unspecified atom stereocenters. The van der Waals surface area contributed by atoms with Crippen molar-refractivity contribution >= 4 is 17.3 Å². The normalized spacial score (nSPS) is 10.3. The van der Waals surface area contributed by atoms with E-state index in [0.29, 0.717) is 30.1 Å². The van der Waals surface area contributed by atoms with E-state index in [1.807, 2.05) is 11.8 Å². The van der Waals surface area contributed by atoms with Crippen molar-refractivity contribution in [1.82, 2.24) is 4.90 Å². The van der Waals surface area contributed by atoms with E-state index in [-0.39, 0.29) is 5.69 Å². The Morgan fingerprint density at radius 1 is 1.56 bits per heavy atom. The molecule has 0 fully saturated rings. The summed E-state index contributed by atoms with van der Waals surface area (Å²) >= 11 is 5.86. The second-order valence-electron chi connectivity index (χ2n) is 3.81. The molecular weight excluding hydrogens is 254 g/mol. The van der Waals surface area contributed by atoms with Gasteiger partial charge in [-0.25, -0.2) is 0 Å². The highest BCUT2D eigenvalue weighted by atomic mass is 35.5. The van der Waals surface area contributed by atoms with E-state index in [1.165, 1.54) is 12.1 Å². The molecule has 6 heteroatoms. The highest BCUT2D eigenvalue weighted by molar-refractivity contribution is 6.30. The van der Waals surface area contributed by atoms with Gasteiger partial charge in [-0.15, -0.1) is 0 Å². The van der Waals surface area contributed by atoms with Gasteiger partial charge in [-0.05, 0) is 18.7 Å². The van der Waals surface area contributed by atoms with E-state index < -0.39 is 4.92 Å². The molecule has 0 radical (unpaired) electrons. The topological polar surface area (TPSA) is 70.2 Å². The third kappa shape index (κ3) is 3.99. The fourth-order valence-corrected chi connectivity index (χ4v) is 1.85. The molecule has 0 aliphatic rings. The van der Waals surface area contributed by atoms with Crippen LogP contribution in [0.15, 0.2) is 18.2 Å². The Morgan fingerprint density at radius 3 is 2.83 bits per heavy atom. The van der Waals surface area contributed by atoms with Crippen LogP contribution in [-0.4, -0.2) is 22.9 Å². The van der Waals surface area contributed by atoms with Crippen molar-refractivity contribution in [2.45, 2.75) is 19.9 Å². The molecule has 1 aromatic rings. The number of nitro benzene ring substituents is 1. The predicted molar refractivity (Wildman–Crippen MR) is 69.3 cm³/mol. The average Bonchev–Trinajstić information content (AvgIpc) is 2.34. The van der Waals surface area contributed by atoms with Crippen molar-refractivity contribution in [3.63, 3.8) is 0 Å². The largest absolute Gasteiger partial charge is 0.298 e. The summed E-state index contributed by atoms with van der Waals surface area (Å²) < 4.78 is 0. The van der Waals surface area contributed by atoms with Crippen molar-refractivity contribution in [3.8, 4) is 6.07 Å². The summed E-state index contributed by atoms with van der Waals surface area (Å²) in [6.07, 6.45) is 0.405. The number of hydrogen-bond donors (Lipinski definition) is 0. The van der Waals surface area contributed by atoms with Crippen LogP contribution >= 0.6 is 11.6 Å². The molecule has 0 aliphatic heterocycles. The number of halogens is 1. The predicted octanol–water partition coefficient (Wildman–Crippen LogP) is 2.98. The van der Waals surface area contributed by atoms with Crippen LogP contribution in [0.25, 0.3) is 0 Å². The van der Waals surface area contributed by atoms with Gasteiger partial charge in [0, 0.05) is 36.2 Å². The highest BCUT2D eigenvalue weighted by Crippen LogP contribution is 2.24.